The Morgan fingerprint density at radius 2 is 1.09 bits per heavy atom. The van der Waals surface area contributed by atoms with Crippen molar-refractivity contribution in [1.29, 1.82) is 0 Å². The van der Waals surface area contributed by atoms with E-state index < -0.39 is 16.8 Å². The van der Waals surface area contributed by atoms with Gasteiger partial charge in [0.25, 0.3) is 0 Å². The zero-order valence-corrected chi connectivity index (χ0v) is 19.1. The van der Waals surface area contributed by atoms with Gasteiger partial charge >= 0.3 is 5.97 Å². The molecule has 0 aliphatic carbocycles. The van der Waals surface area contributed by atoms with Crippen LogP contribution in [0.25, 0.3) is 0 Å². The van der Waals surface area contributed by atoms with Gasteiger partial charge in [0.15, 0.2) is 0 Å². The number of rotatable bonds is 10. The average molecular weight is 454 g/mol. The molecule has 0 aromatic heterocycles. The van der Waals surface area contributed by atoms with Crippen LogP contribution < -0.4 is 19.9 Å². The smallest absolute Gasteiger partial charge is 0.321 e. The summed E-state index contributed by atoms with van der Waals surface area (Å²) < 4.78 is 15.3. The first kappa shape index (κ1) is 23.5. The molecule has 3 aromatic rings. The molecule has 7 heteroatoms. The average Bonchev–Trinajstić information content (AvgIpc) is 2.85. The van der Waals surface area contributed by atoms with Crippen LogP contribution >= 0.6 is 11.8 Å². The number of hydrogen-bond acceptors (Lipinski definition) is 6. The van der Waals surface area contributed by atoms with Crippen LogP contribution in [0.3, 0.4) is 0 Å². The minimum Gasteiger partial charge on any atom is -0.497 e. The number of ether oxygens (including phenoxy) is 3. The Hall–Kier alpha value is -3.16. The van der Waals surface area contributed by atoms with Crippen LogP contribution in [0.15, 0.2) is 72.8 Å². The molecule has 0 saturated heterocycles. The zero-order chi connectivity index (χ0) is 23.1. The van der Waals surface area contributed by atoms with Gasteiger partial charge < -0.3 is 25.1 Å². The predicted molar refractivity (Wildman–Crippen MR) is 127 cm³/mol. The molecule has 168 valence electrons. The summed E-state index contributed by atoms with van der Waals surface area (Å²) in [5.74, 6) is 1.38. The van der Waals surface area contributed by atoms with Gasteiger partial charge in [-0.2, -0.15) is 0 Å². The lowest BCUT2D eigenvalue weighted by Crippen LogP contribution is -2.36. The third-order valence-electron chi connectivity index (χ3n) is 5.29. The number of thioether (sulfide) groups is 1. The second kappa shape index (κ2) is 10.4. The maximum absolute atomic E-state index is 11.5. The van der Waals surface area contributed by atoms with Crippen molar-refractivity contribution in [3.8, 4) is 17.2 Å². The second-order valence-corrected chi connectivity index (χ2v) is 8.36. The molecule has 0 unspecified atom stereocenters. The van der Waals surface area contributed by atoms with Crippen LogP contribution in [-0.2, 0) is 9.54 Å². The molecule has 0 aliphatic heterocycles. The fourth-order valence-corrected chi connectivity index (χ4v) is 4.99. The van der Waals surface area contributed by atoms with Gasteiger partial charge in [-0.15, -0.1) is 11.8 Å². The molecule has 3 aromatic carbocycles. The summed E-state index contributed by atoms with van der Waals surface area (Å²) in [4.78, 5) is 11.5. The standard InChI is InChI=1S/C25H27NO5S/c1-29-20-10-4-17(5-11-20)25(32-16-23(26)24(27)28,18-6-12-21(30-2)13-7-18)19-8-14-22(31-3)15-9-19/h4-15,23H,16,26H2,1-3H3,(H,27,28)/t23-/m1/s1. The Morgan fingerprint density at radius 3 is 1.34 bits per heavy atom. The third kappa shape index (κ3) is 4.84. The van der Waals surface area contributed by atoms with Crippen molar-refractivity contribution in [2.75, 3.05) is 27.1 Å². The molecular weight excluding hydrogens is 426 g/mol. The highest BCUT2D eigenvalue weighted by Gasteiger charge is 2.38. The number of benzene rings is 3. The first-order chi connectivity index (χ1) is 15.4. The van der Waals surface area contributed by atoms with Crippen molar-refractivity contribution >= 4 is 17.7 Å². The van der Waals surface area contributed by atoms with Crippen LogP contribution in [0, 0.1) is 0 Å². The largest absolute Gasteiger partial charge is 0.497 e. The summed E-state index contributed by atoms with van der Waals surface area (Å²) in [6.45, 7) is 0. The molecule has 3 rings (SSSR count). The monoisotopic (exact) mass is 453 g/mol. The Bertz CT molecular complexity index is 904. The first-order valence-electron chi connectivity index (χ1n) is 10.0. The van der Waals surface area contributed by atoms with Gasteiger partial charge in [-0.1, -0.05) is 36.4 Å². The predicted octanol–water partition coefficient (Wildman–Crippen LogP) is 4.15. The Labute approximate surface area is 192 Å². The van der Waals surface area contributed by atoms with Crippen molar-refractivity contribution in [3.63, 3.8) is 0 Å². The van der Waals surface area contributed by atoms with Crippen molar-refractivity contribution in [1.82, 2.24) is 0 Å². The summed E-state index contributed by atoms with van der Waals surface area (Å²) in [5.41, 5.74) is 8.82. The number of hydrogen-bond donors (Lipinski definition) is 2. The highest BCUT2D eigenvalue weighted by Crippen LogP contribution is 2.49. The van der Waals surface area contributed by atoms with Crippen LogP contribution in [0.4, 0.5) is 0 Å². The summed E-state index contributed by atoms with van der Waals surface area (Å²) in [6.07, 6.45) is 0. The quantitative estimate of drug-likeness (QED) is 0.446. The van der Waals surface area contributed by atoms with Gasteiger partial charge in [0, 0.05) is 5.75 Å². The van der Waals surface area contributed by atoms with E-state index in [-0.39, 0.29) is 5.75 Å². The van der Waals surface area contributed by atoms with Crippen LogP contribution in [0.1, 0.15) is 16.7 Å². The second-order valence-electron chi connectivity index (χ2n) is 7.12. The third-order valence-corrected chi connectivity index (χ3v) is 6.95. The van der Waals surface area contributed by atoms with E-state index >= 15 is 0 Å². The van der Waals surface area contributed by atoms with Gasteiger partial charge in [-0.3, -0.25) is 4.79 Å². The molecule has 6 nitrogen and oxygen atoms in total. The van der Waals surface area contributed by atoms with Crippen molar-refractivity contribution in [2.45, 2.75) is 10.8 Å². The Balaban J connectivity index is 2.23. The normalized spacial score (nSPS) is 12.1. The van der Waals surface area contributed by atoms with Gasteiger partial charge in [0.1, 0.15) is 23.3 Å². The maximum Gasteiger partial charge on any atom is 0.321 e. The summed E-state index contributed by atoms with van der Waals surface area (Å²) in [6, 6.07) is 22.3. The van der Waals surface area contributed by atoms with Crippen LogP contribution in [0.5, 0.6) is 17.2 Å². The Morgan fingerprint density at radius 1 is 0.781 bits per heavy atom. The molecule has 32 heavy (non-hydrogen) atoms. The summed E-state index contributed by atoms with van der Waals surface area (Å²) in [7, 11) is 4.86. The van der Waals surface area contributed by atoms with E-state index in [1.165, 1.54) is 11.8 Å². The molecule has 0 aliphatic rings. The van der Waals surface area contributed by atoms with Crippen LogP contribution in [0.2, 0.25) is 0 Å². The van der Waals surface area contributed by atoms with E-state index in [0.29, 0.717) is 0 Å². The fraction of sp³-hybridized carbons (Fsp3) is 0.240. The molecule has 0 spiro atoms. The molecule has 0 amide bonds. The van der Waals surface area contributed by atoms with Gasteiger partial charge in [0.2, 0.25) is 0 Å². The highest BCUT2D eigenvalue weighted by molar-refractivity contribution is 8.00. The molecule has 1 atom stereocenters. The van der Waals surface area contributed by atoms with E-state index in [1.54, 1.807) is 21.3 Å². The lowest BCUT2D eigenvalue weighted by molar-refractivity contribution is -0.137. The molecule has 0 bridgehead atoms. The molecule has 0 fully saturated rings. The maximum atomic E-state index is 11.5. The van der Waals surface area contributed by atoms with Crippen molar-refractivity contribution in [2.24, 2.45) is 5.73 Å². The van der Waals surface area contributed by atoms with E-state index in [1.807, 2.05) is 72.8 Å². The minimum atomic E-state index is -1.04. The topological polar surface area (TPSA) is 91.0 Å². The molecular formula is C25H27NO5S. The lowest BCUT2D eigenvalue weighted by Gasteiger charge is -2.36. The zero-order valence-electron chi connectivity index (χ0n) is 18.3. The Kier molecular flexibility index (Phi) is 7.66. The first-order valence-corrected chi connectivity index (χ1v) is 11.0. The van der Waals surface area contributed by atoms with Crippen molar-refractivity contribution < 1.29 is 24.1 Å². The molecule has 3 N–H and O–H groups in total. The summed E-state index contributed by atoms with van der Waals surface area (Å²) >= 11 is 1.48. The molecule has 0 heterocycles. The van der Waals surface area contributed by atoms with Crippen molar-refractivity contribution in [3.05, 3.63) is 89.5 Å². The number of nitrogens with two attached hydrogens (primary N) is 1. The van der Waals surface area contributed by atoms with Crippen LogP contribution in [-0.4, -0.2) is 44.2 Å². The number of carbonyl (C=O) groups is 1. The van der Waals surface area contributed by atoms with E-state index in [4.69, 9.17) is 19.9 Å². The number of aliphatic carboxylic acids is 1. The van der Waals surface area contributed by atoms with Gasteiger partial charge in [-0.25, -0.2) is 0 Å². The lowest BCUT2D eigenvalue weighted by atomic mass is 9.84. The fourth-order valence-electron chi connectivity index (χ4n) is 3.51. The van der Waals surface area contributed by atoms with E-state index in [9.17, 15) is 9.90 Å². The number of methoxy groups -OCH3 is 3. The number of carboxylic acids is 1. The number of carboxylic acid groups (broad SMARTS) is 1. The van der Waals surface area contributed by atoms with Gasteiger partial charge in [-0.05, 0) is 53.1 Å². The SMILES string of the molecule is COc1ccc(C(SC[C@@H](N)C(=O)O)(c2ccc(OC)cc2)c2ccc(OC)cc2)cc1. The molecule has 0 saturated carbocycles. The minimum absolute atomic E-state index is 0.208. The van der Waals surface area contributed by atoms with Gasteiger partial charge in [0.05, 0.1) is 26.1 Å². The summed E-state index contributed by atoms with van der Waals surface area (Å²) in [5, 5.41) is 9.41. The van der Waals surface area contributed by atoms with E-state index in [2.05, 4.69) is 0 Å². The molecule has 0 radical (unpaired) electrons. The highest BCUT2D eigenvalue weighted by atomic mass is 32.2. The van der Waals surface area contributed by atoms with E-state index in [0.717, 1.165) is 33.9 Å².